The van der Waals surface area contributed by atoms with Crippen LogP contribution in [0, 0.1) is 0 Å². The third-order valence-electron chi connectivity index (χ3n) is 15.4. The molecule has 0 fully saturated rings. The lowest BCUT2D eigenvalue weighted by Gasteiger charge is -2.31. The average Bonchev–Trinajstić information content (AvgIpc) is 4.03. The van der Waals surface area contributed by atoms with Crippen molar-refractivity contribution in [2.75, 3.05) is 4.90 Å². The summed E-state index contributed by atoms with van der Waals surface area (Å²) in [5, 5.41) is 10.0. The molecule has 0 atom stereocenters. The molecule has 0 N–H and O–H groups in total. The van der Waals surface area contributed by atoms with Crippen molar-refractivity contribution in [1.82, 2.24) is 4.57 Å². The minimum Gasteiger partial charge on any atom is -0.310 e. The van der Waals surface area contributed by atoms with Crippen LogP contribution in [0.3, 0.4) is 0 Å². The lowest BCUT2D eigenvalue weighted by atomic mass is 9.70. The molecule has 0 radical (unpaired) electrons. The smallest absolute Gasteiger partial charge is 0.0725 e. The quantitative estimate of drug-likeness (QED) is 0.156. The van der Waals surface area contributed by atoms with Gasteiger partial charge in [0.2, 0.25) is 0 Å². The Balaban J connectivity index is 0.994. The molecule has 2 nitrogen and oxygen atoms in total. The maximum atomic E-state index is 2.51. The van der Waals surface area contributed by atoms with Crippen molar-refractivity contribution < 1.29 is 0 Å². The number of anilines is 3. The zero-order valence-electron chi connectivity index (χ0n) is 37.6. The topological polar surface area (TPSA) is 8.17 Å². The number of nitrogens with zero attached hydrogens (tertiary/aromatic N) is 2. The number of aromatic nitrogens is 1. The van der Waals surface area contributed by atoms with E-state index in [-0.39, 0.29) is 0 Å². The van der Waals surface area contributed by atoms with Gasteiger partial charge >= 0.3 is 0 Å². The molecule has 0 bridgehead atoms. The summed E-state index contributed by atoms with van der Waals surface area (Å²) in [6.45, 7) is 0. The number of benzene rings is 12. The van der Waals surface area contributed by atoms with Crippen LogP contribution >= 0.6 is 0 Å². The minimum absolute atomic E-state index is 0.419. The molecule has 0 saturated heterocycles. The molecule has 69 heavy (non-hydrogen) atoms. The maximum absolute atomic E-state index is 2.51. The van der Waals surface area contributed by atoms with Gasteiger partial charge in [0.1, 0.15) is 0 Å². The standard InChI is InChI=1S/C67H42N2/c1-2-18-44(19-3-1)69-65-33-17-12-28-56(65)59-40-43(34-39-66(59)69)47-20-11-16-32-64(47)68(45-35-37-52-50-23-5-4-21-48(50)49-22-6-7-24-51(49)57(52)41-45)46-36-38-63-58(42-46)55-27-10-15-31-62(55)67(63)60-29-13-8-25-53(60)54-26-9-14-30-61(54)67/h1-42H. The van der Waals surface area contributed by atoms with Gasteiger partial charge in [-0.1, -0.05) is 194 Å². The lowest BCUT2D eigenvalue weighted by molar-refractivity contribution is 0.794. The van der Waals surface area contributed by atoms with Crippen molar-refractivity contribution in [1.29, 1.82) is 0 Å². The molecular weight excluding hydrogens is 833 g/mol. The SMILES string of the molecule is c1ccc(-n2c3ccccc3c3cc(-c4ccccc4N(c4ccc5c(c4)-c4ccccc4C54c5ccccc5-c5ccccc54)c4ccc5c6ccccc6c6ccccc6c5c4)ccc32)cc1. The van der Waals surface area contributed by atoms with E-state index in [1.165, 1.54) is 104 Å². The highest BCUT2D eigenvalue weighted by atomic mass is 15.1. The molecule has 1 aromatic heterocycles. The van der Waals surface area contributed by atoms with Crippen LogP contribution in [0.15, 0.2) is 255 Å². The van der Waals surface area contributed by atoms with E-state index in [1.54, 1.807) is 0 Å². The second-order valence-electron chi connectivity index (χ2n) is 18.7. The molecule has 2 heteroatoms. The first-order chi connectivity index (χ1) is 34.3. The van der Waals surface area contributed by atoms with Crippen molar-refractivity contribution in [2.24, 2.45) is 0 Å². The summed E-state index contributed by atoms with van der Waals surface area (Å²) in [6, 6.07) is 95.0. The van der Waals surface area contributed by atoms with Gasteiger partial charge in [0, 0.05) is 33.4 Å². The summed E-state index contributed by atoms with van der Waals surface area (Å²) in [6.07, 6.45) is 0. The van der Waals surface area contributed by atoms with Crippen LogP contribution in [0.25, 0.3) is 93.2 Å². The molecule has 0 saturated carbocycles. The fraction of sp³-hybridized carbons (Fsp3) is 0.0149. The summed E-state index contributed by atoms with van der Waals surface area (Å²) >= 11 is 0. The number of para-hydroxylation sites is 3. The van der Waals surface area contributed by atoms with Gasteiger partial charge < -0.3 is 9.47 Å². The Kier molecular flexibility index (Phi) is 8.02. The molecular formula is C67H42N2. The highest BCUT2D eigenvalue weighted by Crippen LogP contribution is 2.63. The van der Waals surface area contributed by atoms with Gasteiger partial charge in [-0.25, -0.2) is 0 Å². The molecule has 320 valence electrons. The first-order valence-corrected chi connectivity index (χ1v) is 24.0. The van der Waals surface area contributed by atoms with E-state index in [1.807, 2.05) is 0 Å². The van der Waals surface area contributed by atoms with E-state index in [2.05, 4.69) is 264 Å². The van der Waals surface area contributed by atoms with E-state index in [0.29, 0.717) is 0 Å². The fourth-order valence-corrected chi connectivity index (χ4v) is 12.6. The average molecular weight is 875 g/mol. The van der Waals surface area contributed by atoms with Gasteiger partial charge in [0.25, 0.3) is 0 Å². The lowest BCUT2D eigenvalue weighted by Crippen LogP contribution is -2.25. The minimum atomic E-state index is -0.419. The monoisotopic (exact) mass is 874 g/mol. The number of hydrogen-bond acceptors (Lipinski definition) is 1. The summed E-state index contributed by atoms with van der Waals surface area (Å²) in [5.74, 6) is 0. The maximum Gasteiger partial charge on any atom is 0.0725 e. The van der Waals surface area contributed by atoms with Crippen molar-refractivity contribution >= 4 is 71.2 Å². The molecule has 2 aliphatic carbocycles. The Labute approximate surface area is 400 Å². The molecule has 0 unspecified atom stereocenters. The first-order valence-electron chi connectivity index (χ1n) is 24.0. The summed E-state index contributed by atoms with van der Waals surface area (Å²) in [4.78, 5) is 2.51. The largest absolute Gasteiger partial charge is 0.310 e. The van der Waals surface area contributed by atoms with Crippen molar-refractivity contribution in [3.8, 4) is 39.1 Å². The van der Waals surface area contributed by atoms with Gasteiger partial charge in [0.15, 0.2) is 0 Å². The first kappa shape index (κ1) is 38.2. The summed E-state index contributed by atoms with van der Waals surface area (Å²) in [7, 11) is 0. The normalized spacial score (nSPS) is 13.0. The predicted molar refractivity (Wildman–Crippen MR) is 290 cm³/mol. The molecule has 12 aromatic carbocycles. The van der Waals surface area contributed by atoms with Gasteiger partial charge in [-0.2, -0.15) is 0 Å². The number of hydrogen-bond donors (Lipinski definition) is 0. The van der Waals surface area contributed by atoms with Crippen LogP contribution in [0.2, 0.25) is 0 Å². The third-order valence-corrected chi connectivity index (χ3v) is 15.4. The molecule has 0 amide bonds. The van der Waals surface area contributed by atoms with Crippen LogP contribution in [0.1, 0.15) is 22.3 Å². The van der Waals surface area contributed by atoms with Crippen molar-refractivity contribution in [3.63, 3.8) is 0 Å². The van der Waals surface area contributed by atoms with Crippen LogP contribution in [-0.4, -0.2) is 4.57 Å². The fourth-order valence-electron chi connectivity index (χ4n) is 12.6. The van der Waals surface area contributed by atoms with E-state index >= 15 is 0 Å². The zero-order valence-corrected chi connectivity index (χ0v) is 37.6. The highest BCUT2D eigenvalue weighted by Gasteiger charge is 2.51. The number of fused-ring (bicyclic) bond motifs is 19. The second-order valence-corrected chi connectivity index (χ2v) is 18.7. The number of rotatable bonds is 5. The van der Waals surface area contributed by atoms with Crippen LogP contribution in [0.5, 0.6) is 0 Å². The van der Waals surface area contributed by atoms with Gasteiger partial charge in [-0.15, -0.1) is 0 Å². The summed E-state index contributed by atoms with van der Waals surface area (Å²) in [5.41, 5.74) is 19.3. The molecule has 15 rings (SSSR count). The Hall–Kier alpha value is -8.98. The van der Waals surface area contributed by atoms with Crippen molar-refractivity contribution in [3.05, 3.63) is 277 Å². The summed E-state index contributed by atoms with van der Waals surface area (Å²) < 4.78 is 2.39. The second kappa shape index (κ2) is 14.5. The van der Waals surface area contributed by atoms with E-state index in [9.17, 15) is 0 Å². The van der Waals surface area contributed by atoms with Gasteiger partial charge in [-0.05, 0) is 143 Å². The Morgan fingerprint density at radius 1 is 0.275 bits per heavy atom. The van der Waals surface area contributed by atoms with E-state index in [4.69, 9.17) is 0 Å². The van der Waals surface area contributed by atoms with E-state index < -0.39 is 5.41 Å². The van der Waals surface area contributed by atoms with E-state index in [0.717, 1.165) is 28.3 Å². The molecule has 0 aliphatic heterocycles. The van der Waals surface area contributed by atoms with Gasteiger partial charge in [0.05, 0.1) is 22.1 Å². The Morgan fingerprint density at radius 3 is 1.41 bits per heavy atom. The van der Waals surface area contributed by atoms with Crippen LogP contribution in [0.4, 0.5) is 17.1 Å². The van der Waals surface area contributed by atoms with Crippen LogP contribution in [-0.2, 0) is 5.41 Å². The highest BCUT2D eigenvalue weighted by molar-refractivity contribution is 6.26. The van der Waals surface area contributed by atoms with Gasteiger partial charge in [-0.3, -0.25) is 0 Å². The van der Waals surface area contributed by atoms with Crippen LogP contribution < -0.4 is 4.90 Å². The zero-order chi connectivity index (χ0) is 45.2. The predicted octanol–water partition coefficient (Wildman–Crippen LogP) is 17.7. The third kappa shape index (κ3) is 5.26. The Morgan fingerprint density at radius 2 is 0.739 bits per heavy atom. The van der Waals surface area contributed by atoms with Crippen molar-refractivity contribution in [2.45, 2.75) is 5.41 Å². The molecule has 2 aliphatic rings. The molecule has 1 spiro atoms. The molecule has 13 aromatic rings. The molecule has 1 heterocycles. The Bertz CT molecular complexity index is 4190.